The SMILES string of the molecule is CC(C)NC(=O)C[N+]12CC[N+](Cc3ccc4c(c3)C(=O)c3ccc(C5=C(C(=O)O)N6C(=O)[C@H]([C@@H](C)O)[C@H]6[C@H]5C)cc3-4)(CC1)CC2. The summed E-state index contributed by atoms with van der Waals surface area (Å²) in [4.78, 5) is 52.7. The van der Waals surface area contributed by atoms with Gasteiger partial charge in [-0.15, -0.1) is 0 Å². The second-order valence-electron chi connectivity index (χ2n) is 14.4. The van der Waals surface area contributed by atoms with Gasteiger partial charge in [-0.25, -0.2) is 4.79 Å². The summed E-state index contributed by atoms with van der Waals surface area (Å²) in [6.45, 7) is 14.8. The number of benzene rings is 2. The first-order valence-corrected chi connectivity index (χ1v) is 16.1. The van der Waals surface area contributed by atoms with E-state index in [0.29, 0.717) is 28.8 Å². The van der Waals surface area contributed by atoms with Crippen LogP contribution in [0.25, 0.3) is 16.7 Å². The Balaban J connectivity index is 1.13. The number of ketones is 1. The van der Waals surface area contributed by atoms with Crippen LogP contribution < -0.4 is 5.32 Å². The zero-order valence-electron chi connectivity index (χ0n) is 26.4. The number of aliphatic carboxylic acids is 1. The smallest absolute Gasteiger partial charge is 0.352 e. The molecule has 1 aliphatic carbocycles. The van der Waals surface area contributed by atoms with Crippen LogP contribution in [0.4, 0.5) is 0 Å². The number of quaternary nitrogens is 2. The third-order valence-corrected chi connectivity index (χ3v) is 11.2. The molecule has 0 saturated carbocycles. The molecule has 4 saturated heterocycles. The van der Waals surface area contributed by atoms with Crippen LogP contribution in [0.15, 0.2) is 42.1 Å². The molecule has 2 aromatic rings. The highest BCUT2D eigenvalue weighted by Gasteiger charge is 2.60. The molecule has 0 aromatic heterocycles. The fourth-order valence-electron chi connectivity index (χ4n) is 8.82. The highest BCUT2D eigenvalue weighted by Crippen LogP contribution is 2.51. The van der Waals surface area contributed by atoms with E-state index in [1.165, 1.54) is 4.90 Å². The van der Waals surface area contributed by atoms with Gasteiger partial charge in [-0.05, 0) is 61.2 Å². The molecule has 236 valence electrons. The van der Waals surface area contributed by atoms with E-state index in [4.69, 9.17) is 0 Å². The summed E-state index contributed by atoms with van der Waals surface area (Å²) in [6.07, 6.45) is -0.868. The van der Waals surface area contributed by atoms with Gasteiger partial charge in [-0.2, -0.15) is 0 Å². The number of carboxylic acids is 1. The first-order valence-electron chi connectivity index (χ1n) is 16.1. The number of fused-ring (bicyclic) bond motifs is 7. The van der Waals surface area contributed by atoms with Crippen LogP contribution in [0.5, 0.6) is 0 Å². The van der Waals surface area contributed by atoms with E-state index < -0.39 is 24.0 Å². The zero-order valence-corrected chi connectivity index (χ0v) is 26.4. The zero-order chi connectivity index (χ0) is 32.0. The van der Waals surface area contributed by atoms with Crippen LogP contribution in [0, 0.1) is 11.8 Å². The Labute approximate surface area is 263 Å². The van der Waals surface area contributed by atoms with E-state index >= 15 is 0 Å². The molecule has 3 N–H and O–H groups in total. The number of carboxylic acid groups (broad SMARTS) is 1. The first kappa shape index (κ1) is 29.8. The van der Waals surface area contributed by atoms with Crippen molar-refractivity contribution in [1.29, 1.82) is 0 Å². The number of carbonyl (C=O) groups excluding carboxylic acids is 3. The third-order valence-electron chi connectivity index (χ3n) is 11.2. The van der Waals surface area contributed by atoms with Gasteiger partial charge in [0, 0.05) is 28.7 Å². The number of rotatable bonds is 8. The molecule has 45 heavy (non-hydrogen) atoms. The number of nitrogens with one attached hydrogen (secondary N) is 1. The van der Waals surface area contributed by atoms with Crippen molar-refractivity contribution >= 4 is 29.1 Å². The number of hydrogen-bond donors (Lipinski definition) is 3. The Morgan fingerprint density at radius 3 is 2.18 bits per heavy atom. The van der Waals surface area contributed by atoms with Gasteiger partial charge in [0.05, 0.1) is 18.1 Å². The van der Waals surface area contributed by atoms with Crippen molar-refractivity contribution in [3.8, 4) is 11.1 Å². The maximum atomic E-state index is 13.6. The summed E-state index contributed by atoms with van der Waals surface area (Å²) in [5.74, 6) is -2.34. The van der Waals surface area contributed by atoms with Crippen molar-refractivity contribution < 1.29 is 38.4 Å². The summed E-state index contributed by atoms with van der Waals surface area (Å²) < 4.78 is 1.84. The molecule has 8 rings (SSSR count). The second-order valence-corrected chi connectivity index (χ2v) is 14.4. The molecule has 10 nitrogen and oxygen atoms in total. The number of piperazine rings is 3. The average Bonchev–Trinajstić information content (AvgIpc) is 3.41. The number of β-lactam (4-membered cyclic amide) rings is 1. The van der Waals surface area contributed by atoms with Gasteiger partial charge in [0.25, 0.3) is 5.91 Å². The van der Waals surface area contributed by atoms with Gasteiger partial charge >= 0.3 is 5.97 Å². The van der Waals surface area contributed by atoms with Gasteiger partial charge < -0.3 is 29.4 Å². The average molecular weight is 615 g/mol. The Hall–Kier alpha value is -3.86. The molecule has 2 aromatic carbocycles. The summed E-state index contributed by atoms with van der Waals surface area (Å²) in [5.41, 5.74) is 5.22. The molecule has 6 aliphatic rings. The Morgan fingerprint density at radius 1 is 0.911 bits per heavy atom. The van der Waals surface area contributed by atoms with Crippen LogP contribution in [0.1, 0.15) is 54.7 Å². The summed E-state index contributed by atoms with van der Waals surface area (Å²) in [5, 5.41) is 23.4. The standard InChI is InChI=1S/C35H40N4O6/c1-19(2)36-28(41)18-39-12-9-38(10-13-39,11-14-39)17-22-5-7-24-26-16-23(6-8-25(26)33(42)27(24)15-22)29-20(3)31-30(21(4)40)34(43)37(31)32(29)35(44)45/h5-8,15-16,19-21,30-31,40H,9-14,17-18H2,1-4H3/p+2/t20-,21+,30+,31+,38?,39?/m0/s1. The minimum absolute atomic E-state index is 0.0300. The largest absolute Gasteiger partial charge is 0.477 e. The number of aliphatic hydroxyl groups is 1. The monoisotopic (exact) mass is 614 g/mol. The number of nitrogens with zero attached hydrogens (tertiary/aromatic N) is 3. The van der Waals surface area contributed by atoms with Crippen LogP contribution in [-0.4, -0.2) is 112 Å². The normalized spacial score (nSPS) is 30.3. The van der Waals surface area contributed by atoms with E-state index in [1.54, 1.807) is 19.1 Å². The molecule has 5 aliphatic heterocycles. The van der Waals surface area contributed by atoms with Gasteiger partial charge in [-0.1, -0.05) is 25.1 Å². The van der Waals surface area contributed by atoms with E-state index in [0.717, 1.165) is 71.5 Å². The predicted octanol–water partition coefficient (Wildman–Crippen LogP) is 2.24. The lowest BCUT2D eigenvalue weighted by molar-refractivity contribution is -1.08. The topological polar surface area (TPSA) is 124 Å². The van der Waals surface area contributed by atoms with Gasteiger partial charge in [0.1, 0.15) is 51.5 Å². The minimum Gasteiger partial charge on any atom is -0.477 e. The number of carbonyl (C=O) groups is 4. The molecule has 0 unspecified atom stereocenters. The fourth-order valence-corrected chi connectivity index (χ4v) is 8.82. The molecule has 0 radical (unpaired) electrons. The Morgan fingerprint density at radius 2 is 1.56 bits per heavy atom. The quantitative estimate of drug-likeness (QED) is 0.264. The summed E-state index contributed by atoms with van der Waals surface area (Å²) in [6, 6.07) is 11.4. The molecule has 4 atom stereocenters. The molecule has 2 bridgehead atoms. The molecule has 0 spiro atoms. The van der Waals surface area contributed by atoms with Gasteiger partial charge in [0.2, 0.25) is 5.91 Å². The second kappa shape index (κ2) is 10.3. The number of hydrogen-bond acceptors (Lipinski definition) is 5. The predicted molar refractivity (Wildman–Crippen MR) is 166 cm³/mol. The van der Waals surface area contributed by atoms with Crippen LogP contribution >= 0.6 is 0 Å². The van der Waals surface area contributed by atoms with Crippen molar-refractivity contribution in [3.63, 3.8) is 0 Å². The summed E-state index contributed by atoms with van der Waals surface area (Å²) in [7, 11) is 0. The van der Waals surface area contributed by atoms with E-state index in [9.17, 15) is 29.4 Å². The summed E-state index contributed by atoms with van der Waals surface area (Å²) >= 11 is 0. The fraction of sp³-hybridized carbons (Fsp3) is 0.486. The molecule has 4 fully saturated rings. The van der Waals surface area contributed by atoms with Crippen LogP contribution in [-0.2, 0) is 20.9 Å². The maximum Gasteiger partial charge on any atom is 0.352 e. The molecule has 5 heterocycles. The lowest BCUT2D eigenvalue weighted by Crippen LogP contribution is -2.75. The van der Waals surface area contributed by atoms with Crippen molar-refractivity contribution in [1.82, 2.24) is 10.2 Å². The lowest BCUT2D eigenvalue weighted by atomic mass is 9.76. The number of aliphatic hydroxyl groups excluding tert-OH is 1. The van der Waals surface area contributed by atoms with Crippen LogP contribution in [0.3, 0.4) is 0 Å². The van der Waals surface area contributed by atoms with Crippen molar-refractivity contribution in [2.75, 3.05) is 45.8 Å². The molecular formula is C35H42N4O6+2. The van der Waals surface area contributed by atoms with E-state index in [2.05, 4.69) is 11.4 Å². The third kappa shape index (κ3) is 4.56. The van der Waals surface area contributed by atoms with Crippen molar-refractivity contribution in [3.05, 3.63) is 64.3 Å². The van der Waals surface area contributed by atoms with Crippen LogP contribution in [0.2, 0.25) is 0 Å². The number of amides is 2. The molecular weight excluding hydrogens is 572 g/mol. The van der Waals surface area contributed by atoms with E-state index in [-0.39, 0.29) is 35.3 Å². The Kier molecular flexibility index (Phi) is 6.85. The molecule has 2 amide bonds. The molecule has 10 heteroatoms. The minimum atomic E-state index is -1.17. The van der Waals surface area contributed by atoms with Crippen molar-refractivity contribution in [2.45, 2.75) is 52.4 Å². The highest BCUT2D eigenvalue weighted by atomic mass is 16.4. The first-order chi connectivity index (χ1) is 21.3. The lowest BCUT2D eigenvalue weighted by Gasteiger charge is -2.55. The van der Waals surface area contributed by atoms with E-state index in [1.807, 2.05) is 39.0 Å². The Bertz CT molecular complexity index is 1670. The van der Waals surface area contributed by atoms with Gasteiger partial charge in [-0.3, -0.25) is 14.4 Å². The highest BCUT2D eigenvalue weighted by molar-refractivity contribution is 6.22. The maximum absolute atomic E-state index is 13.6. The van der Waals surface area contributed by atoms with Crippen molar-refractivity contribution in [2.24, 2.45) is 11.8 Å². The van der Waals surface area contributed by atoms with Gasteiger partial charge in [0.15, 0.2) is 12.3 Å².